The van der Waals surface area contributed by atoms with Crippen LogP contribution in [-0.4, -0.2) is 58.1 Å². The van der Waals surface area contributed by atoms with E-state index in [0.29, 0.717) is 18.0 Å². The van der Waals surface area contributed by atoms with Crippen molar-refractivity contribution in [2.45, 2.75) is 23.8 Å². The van der Waals surface area contributed by atoms with E-state index in [1.807, 2.05) is 24.3 Å². The minimum Gasteiger partial charge on any atom is -0.487 e. The number of hydrogen-bond acceptors (Lipinski definition) is 5. The van der Waals surface area contributed by atoms with E-state index in [2.05, 4.69) is 16.3 Å². The van der Waals surface area contributed by atoms with Gasteiger partial charge in [-0.2, -0.15) is 4.31 Å². The Hall–Kier alpha value is -2.09. The number of nitrogens with one attached hydrogen (secondary N) is 1. The highest BCUT2D eigenvalue weighted by atomic mass is 32.2. The third-order valence-electron chi connectivity index (χ3n) is 5.34. The van der Waals surface area contributed by atoms with E-state index in [1.54, 1.807) is 28.6 Å². The van der Waals surface area contributed by atoms with Gasteiger partial charge in [0.2, 0.25) is 10.0 Å². The number of benzene rings is 2. The molecule has 2 aromatic rings. The van der Waals surface area contributed by atoms with Gasteiger partial charge < -0.3 is 15.0 Å². The summed E-state index contributed by atoms with van der Waals surface area (Å²) < 4.78 is 33.8. The van der Waals surface area contributed by atoms with Gasteiger partial charge in [-0.1, -0.05) is 30.3 Å². The first-order valence-electron chi connectivity index (χ1n) is 9.91. The molecule has 0 saturated carbocycles. The topological polar surface area (TPSA) is 61.9 Å². The summed E-state index contributed by atoms with van der Waals surface area (Å²) in [5, 5.41) is 3.37. The summed E-state index contributed by atoms with van der Waals surface area (Å²) in [6, 6.07) is 16.7. The number of para-hydroxylation sites is 2. The van der Waals surface area contributed by atoms with Crippen LogP contribution < -0.4 is 15.0 Å². The molecule has 150 valence electrons. The molecule has 0 aliphatic carbocycles. The Morgan fingerprint density at radius 2 is 1.64 bits per heavy atom. The highest BCUT2D eigenvalue weighted by molar-refractivity contribution is 7.89. The molecule has 7 heteroatoms. The second-order valence-electron chi connectivity index (χ2n) is 7.26. The Morgan fingerprint density at radius 1 is 0.929 bits per heavy atom. The number of piperidine rings is 1. The average molecular weight is 402 g/mol. The summed E-state index contributed by atoms with van der Waals surface area (Å²) in [6.07, 6.45) is 1.51. The van der Waals surface area contributed by atoms with Gasteiger partial charge in [-0.3, -0.25) is 0 Å². The first-order chi connectivity index (χ1) is 13.6. The maximum Gasteiger partial charge on any atom is 0.243 e. The molecule has 0 aromatic heterocycles. The molecule has 1 N–H and O–H groups in total. The molecule has 6 nitrogen and oxygen atoms in total. The van der Waals surface area contributed by atoms with Crippen molar-refractivity contribution in [3.63, 3.8) is 0 Å². The van der Waals surface area contributed by atoms with Crippen molar-refractivity contribution in [2.24, 2.45) is 0 Å². The molecule has 0 spiro atoms. The average Bonchev–Trinajstić information content (AvgIpc) is 2.76. The Labute approximate surface area is 167 Å². The van der Waals surface area contributed by atoms with Crippen LogP contribution >= 0.6 is 0 Å². The maximum absolute atomic E-state index is 13.0. The normalized spacial score (nSPS) is 21.4. The van der Waals surface area contributed by atoms with E-state index in [-0.39, 0.29) is 6.10 Å². The number of nitrogens with zero attached hydrogens (tertiary/aromatic N) is 2. The van der Waals surface area contributed by atoms with E-state index in [9.17, 15) is 8.42 Å². The number of rotatable bonds is 5. The lowest BCUT2D eigenvalue weighted by Crippen LogP contribution is -2.45. The molecule has 28 heavy (non-hydrogen) atoms. The van der Waals surface area contributed by atoms with Crippen LogP contribution in [0.25, 0.3) is 0 Å². The highest BCUT2D eigenvalue weighted by Crippen LogP contribution is 2.31. The third-order valence-corrected chi connectivity index (χ3v) is 7.22. The quantitative estimate of drug-likeness (QED) is 0.833. The molecular weight excluding hydrogens is 374 g/mol. The maximum atomic E-state index is 13.0. The van der Waals surface area contributed by atoms with Gasteiger partial charge in [-0.15, -0.1) is 0 Å². The zero-order valence-electron chi connectivity index (χ0n) is 16.0. The summed E-state index contributed by atoms with van der Waals surface area (Å²) >= 11 is 0. The molecule has 2 aliphatic rings. The molecule has 2 saturated heterocycles. The van der Waals surface area contributed by atoms with E-state index in [1.165, 1.54) is 0 Å². The Morgan fingerprint density at radius 3 is 2.43 bits per heavy atom. The smallest absolute Gasteiger partial charge is 0.243 e. The Kier molecular flexibility index (Phi) is 5.85. The van der Waals surface area contributed by atoms with Crippen LogP contribution in [-0.2, 0) is 10.0 Å². The van der Waals surface area contributed by atoms with Crippen molar-refractivity contribution in [3.8, 4) is 5.75 Å². The van der Waals surface area contributed by atoms with Crippen molar-refractivity contribution < 1.29 is 13.2 Å². The van der Waals surface area contributed by atoms with Crippen molar-refractivity contribution in [3.05, 3.63) is 54.6 Å². The van der Waals surface area contributed by atoms with Gasteiger partial charge in [-0.05, 0) is 37.1 Å². The Balaban J connectivity index is 1.49. The summed E-state index contributed by atoms with van der Waals surface area (Å²) in [6.45, 7) is 4.73. The lowest BCUT2D eigenvalue weighted by molar-refractivity contribution is 0.130. The molecule has 2 aliphatic heterocycles. The second kappa shape index (κ2) is 8.51. The highest BCUT2D eigenvalue weighted by Gasteiger charge is 2.31. The van der Waals surface area contributed by atoms with Gasteiger partial charge in [0.05, 0.1) is 17.1 Å². The van der Waals surface area contributed by atoms with Gasteiger partial charge in [0.1, 0.15) is 11.9 Å². The van der Waals surface area contributed by atoms with Crippen LogP contribution in [0.2, 0.25) is 0 Å². The number of hydrogen-bond donors (Lipinski definition) is 1. The van der Waals surface area contributed by atoms with Crippen LogP contribution in [0.1, 0.15) is 12.8 Å². The monoisotopic (exact) mass is 401 g/mol. The number of anilines is 1. The third kappa shape index (κ3) is 4.16. The summed E-state index contributed by atoms with van der Waals surface area (Å²) in [5.74, 6) is 0.841. The van der Waals surface area contributed by atoms with Gasteiger partial charge in [0.25, 0.3) is 0 Å². The standard InChI is InChI=1S/C21H27N3O3S/c25-28(26,19-8-2-1-3-9-19)24-14-6-7-18(17-24)27-21-11-5-4-10-20(21)23-15-12-22-13-16-23/h1-5,8-11,18,22H,6-7,12-17H2. The fraction of sp³-hybridized carbons (Fsp3) is 0.429. The summed E-state index contributed by atoms with van der Waals surface area (Å²) in [4.78, 5) is 2.67. The predicted octanol–water partition coefficient (Wildman–Crippen LogP) is 2.33. The molecule has 2 heterocycles. The minimum atomic E-state index is -3.48. The summed E-state index contributed by atoms with van der Waals surface area (Å²) in [5.41, 5.74) is 1.09. The zero-order chi connectivity index (χ0) is 19.4. The van der Waals surface area contributed by atoms with E-state index in [4.69, 9.17) is 4.74 Å². The molecule has 1 unspecified atom stereocenters. The van der Waals surface area contributed by atoms with Crippen LogP contribution in [0, 0.1) is 0 Å². The second-order valence-corrected chi connectivity index (χ2v) is 9.20. The van der Waals surface area contributed by atoms with E-state index < -0.39 is 10.0 Å². The number of piperazine rings is 1. The lowest BCUT2D eigenvalue weighted by Gasteiger charge is -2.34. The molecule has 2 aromatic carbocycles. The molecule has 0 radical (unpaired) electrons. The van der Waals surface area contributed by atoms with Crippen LogP contribution in [0.3, 0.4) is 0 Å². The van der Waals surface area contributed by atoms with Gasteiger partial charge >= 0.3 is 0 Å². The Bertz CT molecular complexity index is 883. The molecule has 4 rings (SSSR count). The largest absolute Gasteiger partial charge is 0.487 e. The fourth-order valence-electron chi connectivity index (χ4n) is 3.86. The van der Waals surface area contributed by atoms with E-state index in [0.717, 1.165) is 50.5 Å². The van der Waals surface area contributed by atoms with Crippen molar-refractivity contribution in [1.82, 2.24) is 9.62 Å². The van der Waals surface area contributed by atoms with Gasteiger partial charge in [0, 0.05) is 32.7 Å². The van der Waals surface area contributed by atoms with E-state index >= 15 is 0 Å². The summed E-state index contributed by atoms with van der Waals surface area (Å²) in [7, 11) is -3.48. The molecular formula is C21H27N3O3S. The molecule has 2 fully saturated rings. The number of sulfonamides is 1. The van der Waals surface area contributed by atoms with Crippen LogP contribution in [0.5, 0.6) is 5.75 Å². The van der Waals surface area contributed by atoms with Gasteiger partial charge in [0.15, 0.2) is 0 Å². The minimum absolute atomic E-state index is 0.142. The first kappa shape index (κ1) is 19.2. The first-order valence-corrected chi connectivity index (χ1v) is 11.4. The molecule has 0 amide bonds. The SMILES string of the molecule is O=S(=O)(c1ccccc1)N1CCCC(Oc2ccccc2N2CCNCC2)C1. The van der Waals surface area contributed by atoms with Crippen molar-refractivity contribution >= 4 is 15.7 Å². The van der Waals surface area contributed by atoms with Crippen LogP contribution in [0.15, 0.2) is 59.5 Å². The molecule has 1 atom stereocenters. The predicted molar refractivity (Wildman–Crippen MR) is 110 cm³/mol. The zero-order valence-corrected chi connectivity index (χ0v) is 16.8. The lowest BCUT2D eigenvalue weighted by atomic mass is 10.1. The fourth-order valence-corrected chi connectivity index (χ4v) is 5.40. The van der Waals surface area contributed by atoms with Crippen LogP contribution in [0.4, 0.5) is 5.69 Å². The number of ether oxygens (including phenoxy) is 1. The molecule has 0 bridgehead atoms. The van der Waals surface area contributed by atoms with Crippen molar-refractivity contribution in [2.75, 3.05) is 44.2 Å². The van der Waals surface area contributed by atoms with Crippen molar-refractivity contribution in [1.29, 1.82) is 0 Å². The van der Waals surface area contributed by atoms with Gasteiger partial charge in [-0.25, -0.2) is 8.42 Å².